The van der Waals surface area contributed by atoms with Crippen LogP contribution in [-0.2, 0) is 6.54 Å². The molecule has 184 valence electrons. The Balaban J connectivity index is 1.39. The minimum Gasteiger partial charge on any atom is -0.495 e. The average Bonchev–Trinajstić information content (AvgIpc) is 3.28. The Morgan fingerprint density at radius 2 is 1.62 bits per heavy atom. The molecule has 3 aromatic carbocycles. The van der Waals surface area contributed by atoms with Gasteiger partial charge in [-0.2, -0.15) is 0 Å². The molecule has 1 amide bonds. The number of hydrogen-bond acceptors (Lipinski definition) is 6. The lowest BCUT2D eigenvalue weighted by atomic mass is 10.0. The fourth-order valence-electron chi connectivity index (χ4n) is 4.14. The van der Waals surface area contributed by atoms with Crippen LogP contribution in [0.3, 0.4) is 0 Å². The Kier molecular flexibility index (Phi) is 6.66. The van der Waals surface area contributed by atoms with Gasteiger partial charge in [0.15, 0.2) is 5.78 Å². The molecule has 37 heavy (non-hydrogen) atoms. The lowest BCUT2D eigenvalue weighted by Gasteiger charge is -2.09. The molecule has 0 saturated carbocycles. The second-order valence-electron chi connectivity index (χ2n) is 8.43. The molecule has 7 nitrogen and oxygen atoms in total. The third-order valence-corrected chi connectivity index (χ3v) is 7.31. The summed E-state index contributed by atoms with van der Waals surface area (Å²) in [5, 5.41) is 3.18. The number of ether oxygens (including phenoxy) is 1. The number of aryl methyl sites for hydroxylation is 1. The van der Waals surface area contributed by atoms with E-state index in [1.807, 2.05) is 48.5 Å². The number of carbonyl (C=O) groups excluding carboxylic acids is 2. The molecule has 0 aliphatic rings. The van der Waals surface area contributed by atoms with Crippen molar-refractivity contribution in [3.8, 4) is 16.9 Å². The number of hydrogen-bond donors (Lipinski definition) is 1. The van der Waals surface area contributed by atoms with Crippen molar-refractivity contribution in [2.24, 2.45) is 0 Å². The highest BCUT2D eigenvalue weighted by Gasteiger charge is 2.21. The van der Waals surface area contributed by atoms with E-state index in [1.54, 1.807) is 37.3 Å². The quantitative estimate of drug-likeness (QED) is 0.290. The van der Waals surface area contributed by atoms with Gasteiger partial charge in [-0.25, -0.2) is 4.98 Å². The Morgan fingerprint density at radius 3 is 2.35 bits per heavy atom. The number of carbonyl (C=O) groups is 2. The molecule has 2 heterocycles. The van der Waals surface area contributed by atoms with E-state index in [4.69, 9.17) is 4.74 Å². The Bertz CT molecular complexity index is 1670. The van der Waals surface area contributed by atoms with E-state index in [0.29, 0.717) is 37.7 Å². The van der Waals surface area contributed by atoms with Crippen LogP contribution in [0.5, 0.6) is 5.75 Å². The molecule has 0 atom stereocenters. The number of benzene rings is 3. The van der Waals surface area contributed by atoms with Crippen LogP contribution in [-0.4, -0.2) is 28.4 Å². The lowest BCUT2D eigenvalue weighted by molar-refractivity contribution is 0.0969. The summed E-state index contributed by atoms with van der Waals surface area (Å²) in [6.07, 6.45) is 1.36. The number of ketones is 1. The molecule has 0 radical (unpaired) electrons. The van der Waals surface area contributed by atoms with Crippen LogP contribution in [0.1, 0.15) is 25.6 Å². The van der Waals surface area contributed by atoms with E-state index >= 15 is 0 Å². The maximum absolute atomic E-state index is 13.3. The molecular weight excluding hydrogens is 486 g/mol. The molecule has 0 aliphatic carbocycles. The summed E-state index contributed by atoms with van der Waals surface area (Å²) in [6, 6.07) is 24.3. The summed E-state index contributed by atoms with van der Waals surface area (Å²) in [7, 11) is 1.53. The summed E-state index contributed by atoms with van der Waals surface area (Å²) in [6.45, 7) is 1.57. The first kappa shape index (κ1) is 24.1. The molecule has 0 spiro atoms. The highest BCUT2D eigenvalue weighted by molar-refractivity contribution is 7.20. The van der Waals surface area contributed by atoms with Crippen molar-refractivity contribution in [1.82, 2.24) is 9.55 Å². The molecule has 2 aromatic heterocycles. The molecule has 0 unspecified atom stereocenters. The van der Waals surface area contributed by atoms with Crippen molar-refractivity contribution in [3.63, 3.8) is 0 Å². The van der Waals surface area contributed by atoms with Crippen molar-refractivity contribution in [1.29, 1.82) is 0 Å². The summed E-state index contributed by atoms with van der Waals surface area (Å²) >= 11 is 1.14. The Hall–Kier alpha value is -4.56. The zero-order chi connectivity index (χ0) is 25.9. The number of rotatable bonds is 7. The van der Waals surface area contributed by atoms with Crippen LogP contribution in [0, 0.1) is 6.92 Å². The second kappa shape index (κ2) is 10.2. The van der Waals surface area contributed by atoms with Crippen LogP contribution in [0.25, 0.3) is 21.3 Å². The number of thiophene rings is 1. The van der Waals surface area contributed by atoms with Crippen molar-refractivity contribution < 1.29 is 14.3 Å². The zero-order valence-corrected chi connectivity index (χ0v) is 21.0. The number of methoxy groups -OCH3 is 1. The van der Waals surface area contributed by atoms with Crippen molar-refractivity contribution in [3.05, 3.63) is 112 Å². The summed E-state index contributed by atoms with van der Waals surface area (Å²) < 4.78 is 6.59. The van der Waals surface area contributed by atoms with E-state index in [0.717, 1.165) is 22.5 Å². The van der Waals surface area contributed by atoms with E-state index < -0.39 is 0 Å². The van der Waals surface area contributed by atoms with Gasteiger partial charge in [0, 0.05) is 5.56 Å². The molecule has 0 aliphatic heterocycles. The zero-order valence-electron chi connectivity index (χ0n) is 20.2. The van der Waals surface area contributed by atoms with Gasteiger partial charge in [-0.15, -0.1) is 11.3 Å². The van der Waals surface area contributed by atoms with E-state index in [1.165, 1.54) is 18.0 Å². The van der Waals surface area contributed by atoms with Crippen molar-refractivity contribution in [2.45, 2.75) is 13.5 Å². The SMILES string of the molecule is COc1ccccc1NC(=O)c1sc2ncn(CC(=O)c3ccc(-c4ccccc4)cc3)c(=O)c2c1C. The van der Waals surface area contributed by atoms with E-state index in [2.05, 4.69) is 10.3 Å². The fourth-order valence-corrected chi connectivity index (χ4v) is 5.18. The van der Waals surface area contributed by atoms with Gasteiger partial charge in [-0.05, 0) is 35.7 Å². The highest BCUT2D eigenvalue weighted by Crippen LogP contribution is 2.29. The van der Waals surface area contributed by atoms with Crippen LogP contribution < -0.4 is 15.6 Å². The van der Waals surface area contributed by atoms with Crippen molar-refractivity contribution >= 4 is 38.9 Å². The molecule has 0 bridgehead atoms. The number of nitrogens with one attached hydrogen (secondary N) is 1. The van der Waals surface area contributed by atoms with Gasteiger partial charge in [-0.3, -0.25) is 19.0 Å². The van der Waals surface area contributed by atoms with Crippen LogP contribution in [0.2, 0.25) is 0 Å². The standard InChI is InChI=1S/C29H23N3O4S/c1-18-25-28(37-26(18)27(34)31-22-10-6-7-11-24(22)36-2)30-17-32(29(25)35)16-23(33)21-14-12-20(13-15-21)19-8-4-3-5-9-19/h3-15,17H,16H2,1-2H3,(H,31,34). The number of fused-ring (bicyclic) bond motifs is 1. The predicted molar refractivity (Wildman–Crippen MR) is 146 cm³/mol. The summed E-state index contributed by atoms with van der Waals surface area (Å²) in [4.78, 5) is 44.4. The van der Waals surface area contributed by atoms with Crippen molar-refractivity contribution in [2.75, 3.05) is 12.4 Å². The van der Waals surface area contributed by atoms with Gasteiger partial charge >= 0.3 is 0 Å². The van der Waals surface area contributed by atoms with Gasteiger partial charge in [0.1, 0.15) is 10.6 Å². The first-order valence-corrected chi connectivity index (χ1v) is 12.4. The summed E-state index contributed by atoms with van der Waals surface area (Å²) in [5.74, 6) is -0.0270. The monoisotopic (exact) mass is 509 g/mol. The number of Topliss-reactive ketones (excluding diaryl/α,β-unsaturated/α-hetero) is 1. The number of anilines is 1. The molecule has 5 aromatic rings. The predicted octanol–water partition coefficient (Wildman–Crippen LogP) is 5.58. The van der Waals surface area contributed by atoms with E-state index in [9.17, 15) is 14.4 Å². The number of amides is 1. The third kappa shape index (κ3) is 4.79. The first-order valence-electron chi connectivity index (χ1n) is 11.6. The second-order valence-corrected chi connectivity index (χ2v) is 9.43. The van der Waals surface area contributed by atoms with Gasteiger partial charge in [0.25, 0.3) is 11.5 Å². The number of para-hydroxylation sites is 2. The molecule has 0 saturated heterocycles. The minimum absolute atomic E-state index is 0.148. The Morgan fingerprint density at radius 1 is 0.946 bits per heavy atom. The molecular formula is C29H23N3O4S. The fraction of sp³-hybridized carbons (Fsp3) is 0.103. The molecule has 5 rings (SSSR count). The van der Waals surface area contributed by atoms with Gasteiger partial charge in [-0.1, -0.05) is 66.7 Å². The summed E-state index contributed by atoms with van der Waals surface area (Å²) in [5.41, 5.74) is 3.27. The van der Waals surface area contributed by atoms with Gasteiger partial charge < -0.3 is 10.1 Å². The lowest BCUT2D eigenvalue weighted by Crippen LogP contribution is -2.24. The Labute approximate surface area is 217 Å². The van der Waals surface area contributed by atoms with Gasteiger partial charge in [0.2, 0.25) is 0 Å². The van der Waals surface area contributed by atoms with Crippen LogP contribution >= 0.6 is 11.3 Å². The smallest absolute Gasteiger partial charge is 0.266 e. The number of aromatic nitrogens is 2. The van der Waals surface area contributed by atoms with E-state index in [-0.39, 0.29) is 23.8 Å². The third-order valence-electron chi connectivity index (χ3n) is 6.11. The largest absolute Gasteiger partial charge is 0.495 e. The first-order chi connectivity index (χ1) is 18.0. The molecule has 8 heteroatoms. The highest BCUT2D eigenvalue weighted by atomic mass is 32.1. The molecule has 0 fully saturated rings. The molecule has 1 N–H and O–H groups in total. The topological polar surface area (TPSA) is 90.3 Å². The van der Waals surface area contributed by atoms with Crippen LogP contribution in [0.15, 0.2) is 90.0 Å². The number of nitrogens with zero attached hydrogens (tertiary/aromatic N) is 2. The average molecular weight is 510 g/mol. The maximum Gasteiger partial charge on any atom is 0.266 e. The maximum atomic E-state index is 13.3. The minimum atomic E-state index is -0.357. The van der Waals surface area contributed by atoms with Crippen LogP contribution in [0.4, 0.5) is 5.69 Å². The van der Waals surface area contributed by atoms with Gasteiger partial charge in [0.05, 0.1) is 35.9 Å². The normalized spacial score (nSPS) is 10.9.